The number of hydrogen-bond acceptors (Lipinski definition) is 5. The number of hydrogen-bond donors (Lipinski definition) is 2. The number of aliphatic hydroxyl groups is 1. The van der Waals surface area contributed by atoms with Crippen molar-refractivity contribution in [2.75, 3.05) is 5.75 Å². The Labute approximate surface area is 167 Å². The van der Waals surface area contributed by atoms with E-state index in [0.717, 1.165) is 13.3 Å². The highest BCUT2D eigenvalue weighted by Gasteiger charge is 2.55. The van der Waals surface area contributed by atoms with Gasteiger partial charge in [0.25, 0.3) is 0 Å². The molecule has 1 heterocycles. The van der Waals surface area contributed by atoms with E-state index >= 15 is 0 Å². The van der Waals surface area contributed by atoms with Crippen LogP contribution < -0.4 is 0 Å². The van der Waals surface area contributed by atoms with Crippen molar-refractivity contribution in [3.05, 3.63) is 46.0 Å². The fourth-order valence-electron chi connectivity index (χ4n) is 2.66. The summed E-state index contributed by atoms with van der Waals surface area (Å²) in [5.74, 6) is -2.82. The van der Waals surface area contributed by atoms with Crippen LogP contribution >= 0.6 is 23.2 Å². The van der Waals surface area contributed by atoms with Crippen molar-refractivity contribution in [1.82, 2.24) is 15.2 Å². The molecule has 2 aromatic rings. The summed E-state index contributed by atoms with van der Waals surface area (Å²) in [7, 11) is -5.61. The van der Waals surface area contributed by atoms with Crippen molar-refractivity contribution < 1.29 is 31.1 Å². The molecule has 1 aromatic heterocycles. The summed E-state index contributed by atoms with van der Waals surface area (Å²) in [6.07, 6.45) is -3.69. The minimum atomic E-state index is -5.61. The van der Waals surface area contributed by atoms with Gasteiger partial charge in [0.15, 0.2) is 0 Å². The number of aromatic nitrogens is 3. The van der Waals surface area contributed by atoms with E-state index in [2.05, 4.69) is 15.2 Å². The molecule has 2 rings (SSSR count). The van der Waals surface area contributed by atoms with Gasteiger partial charge in [0.1, 0.15) is 17.8 Å². The minimum Gasteiger partial charge on any atom is -0.384 e. The molecule has 2 atom stereocenters. The molecule has 0 aliphatic heterocycles. The van der Waals surface area contributed by atoms with Gasteiger partial charge in [-0.25, -0.2) is 22.2 Å². The number of sulfone groups is 1. The van der Waals surface area contributed by atoms with Crippen LogP contribution in [0.15, 0.2) is 24.5 Å². The fourth-order valence-corrected chi connectivity index (χ4v) is 4.66. The summed E-state index contributed by atoms with van der Waals surface area (Å²) in [6, 6.07) is 3.90. The molecule has 0 radical (unpaired) electrons. The molecule has 13 heteroatoms. The van der Waals surface area contributed by atoms with Gasteiger partial charge < -0.3 is 5.11 Å². The van der Waals surface area contributed by atoms with Crippen LogP contribution in [0.2, 0.25) is 10.0 Å². The van der Waals surface area contributed by atoms with E-state index in [9.17, 15) is 31.1 Å². The molecule has 0 bridgehead atoms. The number of H-pyrrole nitrogens is 1. The smallest absolute Gasteiger partial charge is 0.384 e. The molecular weight excluding hydrogens is 449 g/mol. The topological polar surface area (TPSA) is 95.9 Å². The Bertz CT molecular complexity index is 929. The number of nitrogens with zero attached hydrogens (tertiary/aromatic N) is 2. The van der Waals surface area contributed by atoms with Crippen LogP contribution in [0.25, 0.3) is 0 Å². The van der Waals surface area contributed by atoms with Crippen LogP contribution in [0.4, 0.5) is 17.6 Å². The number of rotatable bonds is 8. The molecule has 1 aromatic carbocycles. The molecule has 0 amide bonds. The molecule has 0 aliphatic rings. The Morgan fingerprint density at radius 3 is 2.43 bits per heavy atom. The van der Waals surface area contributed by atoms with E-state index in [4.69, 9.17) is 23.2 Å². The van der Waals surface area contributed by atoms with Crippen molar-refractivity contribution in [2.45, 2.75) is 30.6 Å². The SMILES string of the molecule is C[C@@H](CS(=O)(=O)C(F)(F)C(F)F)[C@](O)(Cc1ncn[nH]1)c1ccc(Cl)cc1Cl. The lowest BCUT2D eigenvalue weighted by molar-refractivity contribution is -0.0651. The predicted octanol–water partition coefficient (Wildman–Crippen LogP) is 3.45. The Morgan fingerprint density at radius 1 is 1.29 bits per heavy atom. The van der Waals surface area contributed by atoms with Crippen molar-refractivity contribution in [2.24, 2.45) is 5.92 Å². The first-order chi connectivity index (χ1) is 12.8. The molecule has 0 saturated heterocycles. The van der Waals surface area contributed by atoms with Crippen LogP contribution in [0.1, 0.15) is 18.3 Å². The molecule has 6 nitrogen and oxygen atoms in total. The lowest BCUT2D eigenvalue weighted by Gasteiger charge is -2.35. The van der Waals surface area contributed by atoms with Gasteiger partial charge >= 0.3 is 11.7 Å². The molecule has 28 heavy (non-hydrogen) atoms. The first-order valence-corrected chi connectivity index (χ1v) is 10.1. The summed E-state index contributed by atoms with van der Waals surface area (Å²) >= 11 is 11.9. The van der Waals surface area contributed by atoms with Gasteiger partial charge in [-0.15, -0.1) is 0 Å². The van der Waals surface area contributed by atoms with Gasteiger partial charge in [-0.05, 0) is 12.1 Å². The number of alkyl halides is 4. The molecule has 0 aliphatic carbocycles. The molecule has 0 unspecified atom stereocenters. The highest BCUT2D eigenvalue weighted by Crippen LogP contribution is 2.40. The zero-order chi connectivity index (χ0) is 21.3. The zero-order valence-electron chi connectivity index (χ0n) is 14.2. The van der Waals surface area contributed by atoms with E-state index in [-0.39, 0.29) is 21.4 Å². The van der Waals surface area contributed by atoms with E-state index in [1.807, 2.05) is 0 Å². The first kappa shape index (κ1) is 22.9. The van der Waals surface area contributed by atoms with Crippen LogP contribution in [0.3, 0.4) is 0 Å². The van der Waals surface area contributed by atoms with E-state index in [0.29, 0.717) is 0 Å². The van der Waals surface area contributed by atoms with Crippen molar-refractivity contribution >= 4 is 33.0 Å². The standard InChI is InChI=1S/C15H15Cl2F4N3O3S/c1-8(6-28(26,27)15(20,21)13(18)19)14(25,5-12-22-7-23-24-12)10-3-2-9(16)4-11(10)17/h2-4,7-8,13,25H,5-6H2,1H3,(H,22,23,24)/t8-,14+/m0/s1. The highest BCUT2D eigenvalue weighted by atomic mass is 35.5. The second kappa shape index (κ2) is 8.13. The van der Waals surface area contributed by atoms with Crippen LogP contribution in [-0.2, 0) is 21.9 Å². The Hall–Kier alpha value is -1.43. The normalized spacial score (nSPS) is 16.2. The summed E-state index contributed by atoms with van der Waals surface area (Å²) < 4.78 is 75.9. The average molecular weight is 464 g/mol. The minimum absolute atomic E-state index is 0.0296. The summed E-state index contributed by atoms with van der Waals surface area (Å²) in [5.41, 5.74) is -2.19. The largest absolute Gasteiger partial charge is 0.404 e. The number of halogens is 6. The Morgan fingerprint density at radius 2 is 1.93 bits per heavy atom. The van der Waals surface area contributed by atoms with E-state index in [1.54, 1.807) is 0 Å². The highest BCUT2D eigenvalue weighted by molar-refractivity contribution is 7.92. The third-order valence-electron chi connectivity index (χ3n) is 4.25. The molecule has 0 fully saturated rings. The monoisotopic (exact) mass is 463 g/mol. The van der Waals surface area contributed by atoms with Gasteiger partial charge in [0.2, 0.25) is 9.84 Å². The van der Waals surface area contributed by atoms with Gasteiger partial charge in [-0.3, -0.25) is 5.10 Å². The molecule has 0 spiro atoms. The first-order valence-electron chi connectivity index (χ1n) is 7.71. The maximum Gasteiger partial charge on any atom is 0.404 e. The van der Waals surface area contributed by atoms with E-state index in [1.165, 1.54) is 18.2 Å². The van der Waals surface area contributed by atoms with Gasteiger partial charge in [0.05, 0.1) is 5.75 Å². The van der Waals surface area contributed by atoms with E-state index < -0.39 is 45.2 Å². The molecule has 2 N–H and O–H groups in total. The maximum absolute atomic E-state index is 13.5. The molecular formula is C15H15Cl2F4N3O3S. The van der Waals surface area contributed by atoms with Gasteiger partial charge in [-0.1, -0.05) is 36.2 Å². The number of benzene rings is 1. The number of nitrogens with one attached hydrogen (secondary N) is 1. The predicted molar refractivity (Wildman–Crippen MR) is 94.3 cm³/mol. The Kier molecular flexibility index (Phi) is 6.64. The summed E-state index contributed by atoms with van der Waals surface area (Å²) in [6.45, 7) is 1.13. The van der Waals surface area contributed by atoms with Crippen LogP contribution in [0, 0.1) is 5.92 Å². The van der Waals surface area contributed by atoms with Gasteiger partial charge in [0, 0.05) is 27.9 Å². The molecule has 156 valence electrons. The zero-order valence-corrected chi connectivity index (χ0v) is 16.5. The lowest BCUT2D eigenvalue weighted by atomic mass is 9.80. The van der Waals surface area contributed by atoms with Crippen molar-refractivity contribution in [3.8, 4) is 0 Å². The van der Waals surface area contributed by atoms with Gasteiger partial charge in [-0.2, -0.15) is 13.9 Å². The van der Waals surface area contributed by atoms with Crippen molar-refractivity contribution in [3.63, 3.8) is 0 Å². The van der Waals surface area contributed by atoms with Crippen LogP contribution in [-0.4, -0.2) is 46.1 Å². The quantitative estimate of drug-likeness (QED) is 0.584. The number of aromatic amines is 1. The summed E-state index contributed by atoms with van der Waals surface area (Å²) in [4.78, 5) is 3.82. The van der Waals surface area contributed by atoms with Crippen molar-refractivity contribution in [1.29, 1.82) is 0 Å². The Balaban J connectivity index is 2.49. The summed E-state index contributed by atoms with van der Waals surface area (Å²) in [5, 5.41) is 12.2. The molecule has 0 saturated carbocycles. The third-order valence-corrected chi connectivity index (χ3v) is 6.75. The second-order valence-corrected chi connectivity index (χ2v) is 9.15. The maximum atomic E-state index is 13.5. The third kappa shape index (κ3) is 4.42. The average Bonchev–Trinajstić information content (AvgIpc) is 3.06. The fraction of sp³-hybridized carbons (Fsp3) is 0.467. The van der Waals surface area contributed by atoms with Crippen LogP contribution in [0.5, 0.6) is 0 Å². The second-order valence-electron chi connectivity index (χ2n) is 6.20. The lowest BCUT2D eigenvalue weighted by Crippen LogP contribution is -2.45.